The number of hydrogen-bond acceptors (Lipinski definition) is 3. The van der Waals surface area contributed by atoms with Gasteiger partial charge < -0.3 is 5.73 Å². The molecule has 0 saturated heterocycles. The second-order valence-electron chi connectivity index (χ2n) is 3.72. The number of carbonyl (C=O) groups excluding carboxylic acids is 1. The second kappa shape index (κ2) is 3.90. The van der Waals surface area contributed by atoms with Crippen molar-refractivity contribution >= 4 is 33.0 Å². The van der Waals surface area contributed by atoms with Gasteiger partial charge in [-0.3, -0.25) is 4.79 Å². The fourth-order valence-corrected chi connectivity index (χ4v) is 2.33. The Bertz CT molecular complexity index is 314. The summed E-state index contributed by atoms with van der Waals surface area (Å²) in [7, 11) is 0. The van der Waals surface area contributed by atoms with Gasteiger partial charge in [-0.1, -0.05) is 0 Å². The van der Waals surface area contributed by atoms with Crippen molar-refractivity contribution in [2.24, 2.45) is 5.73 Å². The van der Waals surface area contributed by atoms with Gasteiger partial charge in [0.2, 0.25) is 0 Å². The zero-order valence-electron chi connectivity index (χ0n) is 7.63. The normalized spacial score (nSPS) is 11.7. The lowest BCUT2D eigenvalue weighted by Crippen LogP contribution is -2.34. The second-order valence-corrected chi connectivity index (χ2v) is 5.54. The first-order valence-electron chi connectivity index (χ1n) is 3.94. The van der Waals surface area contributed by atoms with Crippen LogP contribution in [-0.4, -0.2) is 11.3 Å². The van der Waals surface area contributed by atoms with Crippen LogP contribution in [-0.2, 0) is 0 Å². The summed E-state index contributed by atoms with van der Waals surface area (Å²) in [6.07, 6.45) is 0.389. The maximum atomic E-state index is 11.6. The van der Waals surface area contributed by atoms with Crippen molar-refractivity contribution in [1.29, 1.82) is 0 Å². The minimum atomic E-state index is -0.423. The average molecular weight is 262 g/mol. The van der Waals surface area contributed by atoms with Gasteiger partial charge in [-0.2, -0.15) is 0 Å². The van der Waals surface area contributed by atoms with Crippen molar-refractivity contribution < 1.29 is 4.79 Å². The molecule has 13 heavy (non-hydrogen) atoms. The molecule has 0 unspecified atom stereocenters. The van der Waals surface area contributed by atoms with Gasteiger partial charge in [0.05, 0.1) is 4.88 Å². The lowest BCUT2D eigenvalue weighted by Gasteiger charge is -2.16. The lowest BCUT2D eigenvalue weighted by molar-refractivity contribution is 0.0964. The lowest BCUT2D eigenvalue weighted by atomic mass is 9.99. The standard InChI is InChI=1S/C9H12BrNOS/c1-9(2,11)4-7(12)8-3-6(10)5-13-8/h3,5H,4,11H2,1-2H3. The number of halogens is 1. The first-order chi connectivity index (χ1) is 5.88. The molecule has 0 amide bonds. The Kier molecular flexibility index (Phi) is 3.27. The Hall–Kier alpha value is -0.190. The van der Waals surface area contributed by atoms with Crippen LogP contribution in [0.1, 0.15) is 29.9 Å². The SMILES string of the molecule is CC(C)(N)CC(=O)c1cc(Br)cs1. The third-order valence-electron chi connectivity index (χ3n) is 1.46. The van der Waals surface area contributed by atoms with Crippen LogP contribution in [0.3, 0.4) is 0 Å². The number of nitrogens with two attached hydrogens (primary N) is 1. The molecular formula is C9H12BrNOS. The molecule has 0 aliphatic heterocycles. The summed E-state index contributed by atoms with van der Waals surface area (Å²) in [6, 6.07) is 1.83. The predicted molar refractivity (Wildman–Crippen MR) is 59.2 cm³/mol. The Labute approximate surface area is 90.3 Å². The van der Waals surface area contributed by atoms with Crippen molar-refractivity contribution in [3.05, 3.63) is 20.8 Å². The molecule has 4 heteroatoms. The van der Waals surface area contributed by atoms with Crippen LogP contribution in [0.15, 0.2) is 15.9 Å². The molecule has 1 heterocycles. The number of hydrogen-bond donors (Lipinski definition) is 1. The maximum absolute atomic E-state index is 11.6. The summed E-state index contributed by atoms with van der Waals surface area (Å²) < 4.78 is 0.954. The molecule has 0 spiro atoms. The molecule has 1 rings (SSSR count). The highest BCUT2D eigenvalue weighted by Gasteiger charge is 2.18. The van der Waals surface area contributed by atoms with E-state index in [1.807, 2.05) is 25.3 Å². The zero-order chi connectivity index (χ0) is 10.1. The Morgan fingerprint density at radius 1 is 1.69 bits per heavy atom. The Morgan fingerprint density at radius 3 is 2.69 bits per heavy atom. The summed E-state index contributed by atoms with van der Waals surface area (Å²) in [6.45, 7) is 3.71. The molecule has 0 saturated carbocycles. The van der Waals surface area contributed by atoms with E-state index in [1.165, 1.54) is 11.3 Å². The first kappa shape index (κ1) is 10.9. The molecule has 2 N–H and O–H groups in total. The number of carbonyl (C=O) groups is 1. The number of Topliss-reactive ketones (excluding diaryl/α,β-unsaturated/α-hetero) is 1. The fourth-order valence-electron chi connectivity index (χ4n) is 0.960. The maximum Gasteiger partial charge on any atom is 0.174 e. The Morgan fingerprint density at radius 2 is 2.31 bits per heavy atom. The Balaban J connectivity index is 2.70. The van der Waals surface area contributed by atoms with Gasteiger partial charge in [0.1, 0.15) is 0 Å². The summed E-state index contributed by atoms with van der Waals surface area (Å²) in [5.41, 5.74) is 5.33. The molecule has 0 atom stereocenters. The molecule has 0 aromatic carbocycles. The molecule has 72 valence electrons. The molecule has 0 radical (unpaired) electrons. The number of ketones is 1. The summed E-state index contributed by atoms with van der Waals surface area (Å²) in [5.74, 6) is 0.114. The third kappa shape index (κ3) is 3.58. The minimum Gasteiger partial charge on any atom is -0.325 e. The molecular weight excluding hydrogens is 250 g/mol. The molecule has 2 nitrogen and oxygen atoms in total. The van der Waals surface area contributed by atoms with Crippen molar-refractivity contribution in [3.63, 3.8) is 0 Å². The quantitative estimate of drug-likeness (QED) is 0.851. The molecule has 0 bridgehead atoms. The van der Waals surface area contributed by atoms with Crippen LogP contribution in [0, 0.1) is 0 Å². The van der Waals surface area contributed by atoms with Gasteiger partial charge in [0.15, 0.2) is 5.78 Å². The van der Waals surface area contributed by atoms with Crippen molar-refractivity contribution in [3.8, 4) is 0 Å². The summed E-state index contributed by atoms with van der Waals surface area (Å²) >= 11 is 4.75. The van der Waals surface area contributed by atoms with E-state index in [9.17, 15) is 4.79 Å². The highest BCUT2D eigenvalue weighted by molar-refractivity contribution is 9.10. The van der Waals surface area contributed by atoms with E-state index in [1.54, 1.807) is 0 Å². The molecule has 1 aromatic heterocycles. The van der Waals surface area contributed by atoms with Crippen LogP contribution in [0.5, 0.6) is 0 Å². The molecule has 1 aromatic rings. The van der Waals surface area contributed by atoms with Crippen LogP contribution in [0.25, 0.3) is 0 Å². The van der Waals surface area contributed by atoms with E-state index in [-0.39, 0.29) is 5.78 Å². The van der Waals surface area contributed by atoms with Gasteiger partial charge in [-0.05, 0) is 35.8 Å². The van der Waals surface area contributed by atoms with Crippen LogP contribution >= 0.6 is 27.3 Å². The monoisotopic (exact) mass is 261 g/mol. The van der Waals surface area contributed by atoms with Gasteiger partial charge in [-0.15, -0.1) is 11.3 Å². The third-order valence-corrected chi connectivity index (χ3v) is 3.19. The summed E-state index contributed by atoms with van der Waals surface area (Å²) in [5, 5.41) is 1.90. The fraction of sp³-hybridized carbons (Fsp3) is 0.444. The van der Waals surface area contributed by atoms with E-state index in [4.69, 9.17) is 5.73 Å². The first-order valence-corrected chi connectivity index (χ1v) is 5.62. The van der Waals surface area contributed by atoms with E-state index < -0.39 is 5.54 Å². The van der Waals surface area contributed by atoms with Crippen molar-refractivity contribution in [2.75, 3.05) is 0 Å². The van der Waals surface area contributed by atoms with Crippen molar-refractivity contribution in [2.45, 2.75) is 25.8 Å². The molecule has 0 aliphatic rings. The topological polar surface area (TPSA) is 43.1 Å². The smallest absolute Gasteiger partial charge is 0.174 e. The minimum absolute atomic E-state index is 0.114. The van der Waals surface area contributed by atoms with Gasteiger partial charge in [-0.25, -0.2) is 0 Å². The largest absolute Gasteiger partial charge is 0.325 e. The van der Waals surface area contributed by atoms with Gasteiger partial charge in [0.25, 0.3) is 0 Å². The van der Waals surface area contributed by atoms with Crippen LogP contribution in [0.2, 0.25) is 0 Å². The number of thiophene rings is 1. The van der Waals surface area contributed by atoms with Gasteiger partial charge in [0, 0.05) is 21.8 Å². The van der Waals surface area contributed by atoms with Crippen molar-refractivity contribution in [1.82, 2.24) is 0 Å². The molecule has 0 fully saturated rings. The van der Waals surface area contributed by atoms with E-state index in [0.717, 1.165) is 9.35 Å². The van der Waals surface area contributed by atoms with E-state index >= 15 is 0 Å². The van der Waals surface area contributed by atoms with E-state index in [2.05, 4.69) is 15.9 Å². The zero-order valence-corrected chi connectivity index (χ0v) is 10.0. The highest BCUT2D eigenvalue weighted by atomic mass is 79.9. The number of rotatable bonds is 3. The van der Waals surface area contributed by atoms with Gasteiger partial charge >= 0.3 is 0 Å². The molecule has 0 aliphatic carbocycles. The summed E-state index contributed by atoms with van der Waals surface area (Å²) in [4.78, 5) is 12.4. The predicted octanol–water partition coefficient (Wildman–Crippen LogP) is 2.82. The van der Waals surface area contributed by atoms with Crippen LogP contribution in [0.4, 0.5) is 0 Å². The highest BCUT2D eigenvalue weighted by Crippen LogP contribution is 2.22. The average Bonchev–Trinajstić information content (AvgIpc) is 2.31. The van der Waals surface area contributed by atoms with Crippen LogP contribution < -0.4 is 5.73 Å². The van der Waals surface area contributed by atoms with E-state index in [0.29, 0.717) is 6.42 Å².